The number of hydrogen-bond donors (Lipinski definition) is 1. The van der Waals surface area contributed by atoms with Gasteiger partial charge in [0.15, 0.2) is 11.6 Å². The van der Waals surface area contributed by atoms with Crippen molar-refractivity contribution in [2.24, 2.45) is 5.92 Å². The third-order valence-electron chi connectivity index (χ3n) is 4.66. The Kier molecular flexibility index (Phi) is 3.17. The standard InChI is InChI=1S/C16H19F2N3/c17-12-7-14-15(8-13(12)18)21(16(20-14)11-1-2-11)9-10-3-5-19-6-4-10/h7-8,10-11,19H,1-6,9H2. The molecule has 0 unspecified atom stereocenters. The predicted molar refractivity (Wildman–Crippen MR) is 77.2 cm³/mol. The van der Waals surface area contributed by atoms with Gasteiger partial charge in [-0.05, 0) is 44.7 Å². The Hall–Kier alpha value is -1.49. The smallest absolute Gasteiger partial charge is 0.161 e. The zero-order chi connectivity index (χ0) is 14.4. The molecule has 0 bridgehead atoms. The van der Waals surface area contributed by atoms with Crippen LogP contribution in [0.1, 0.15) is 37.4 Å². The van der Waals surface area contributed by atoms with Crippen LogP contribution in [0.15, 0.2) is 12.1 Å². The SMILES string of the molecule is Fc1cc2nc(C3CC3)n(CC3CCNCC3)c2cc1F. The van der Waals surface area contributed by atoms with Crippen molar-refractivity contribution in [1.82, 2.24) is 14.9 Å². The van der Waals surface area contributed by atoms with E-state index >= 15 is 0 Å². The van der Waals surface area contributed by atoms with Gasteiger partial charge in [0, 0.05) is 24.6 Å². The van der Waals surface area contributed by atoms with Gasteiger partial charge in [-0.3, -0.25) is 0 Å². The van der Waals surface area contributed by atoms with Crippen LogP contribution in [-0.2, 0) is 6.54 Å². The summed E-state index contributed by atoms with van der Waals surface area (Å²) < 4.78 is 29.2. The summed E-state index contributed by atoms with van der Waals surface area (Å²) >= 11 is 0. The number of hydrogen-bond acceptors (Lipinski definition) is 2. The van der Waals surface area contributed by atoms with Crippen LogP contribution in [0.4, 0.5) is 8.78 Å². The highest BCUT2D eigenvalue weighted by Crippen LogP contribution is 2.41. The van der Waals surface area contributed by atoms with Crippen LogP contribution in [0.2, 0.25) is 0 Å². The van der Waals surface area contributed by atoms with E-state index < -0.39 is 11.6 Å². The van der Waals surface area contributed by atoms with Crippen LogP contribution >= 0.6 is 0 Å². The number of piperidine rings is 1. The van der Waals surface area contributed by atoms with Gasteiger partial charge in [-0.1, -0.05) is 0 Å². The Balaban J connectivity index is 1.76. The quantitative estimate of drug-likeness (QED) is 0.941. The normalized spacial score (nSPS) is 20.3. The number of halogens is 2. The zero-order valence-electron chi connectivity index (χ0n) is 11.9. The molecule has 1 N–H and O–H groups in total. The van der Waals surface area contributed by atoms with Crippen LogP contribution < -0.4 is 5.32 Å². The van der Waals surface area contributed by atoms with E-state index in [1.807, 2.05) is 0 Å². The first-order valence-electron chi connectivity index (χ1n) is 7.78. The number of nitrogens with one attached hydrogen (secondary N) is 1. The minimum Gasteiger partial charge on any atom is -0.327 e. The maximum Gasteiger partial charge on any atom is 0.161 e. The second-order valence-corrected chi connectivity index (χ2v) is 6.30. The number of nitrogens with zero attached hydrogens (tertiary/aromatic N) is 2. The summed E-state index contributed by atoms with van der Waals surface area (Å²) in [5.74, 6) is 0.501. The monoisotopic (exact) mass is 291 g/mol. The van der Waals surface area contributed by atoms with E-state index in [0.29, 0.717) is 17.4 Å². The molecule has 1 aromatic heterocycles. The van der Waals surface area contributed by atoms with Crippen molar-refractivity contribution in [2.75, 3.05) is 13.1 Å². The molecule has 0 spiro atoms. The van der Waals surface area contributed by atoms with Crippen molar-refractivity contribution in [3.05, 3.63) is 29.6 Å². The lowest BCUT2D eigenvalue weighted by molar-refractivity contribution is 0.333. The molecule has 5 heteroatoms. The summed E-state index contributed by atoms with van der Waals surface area (Å²) in [5.41, 5.74) is 1.33. The minimum atomic E-state index is -0.809. The van der Waals surface area contributed by atoms with Gasteiger partial charge in [0.25, 0.3) is 0 Å². The molecular formula is C16H19F2N3. The molecule has 2 heterocycles. The molecule has 112 valence electrons. The van der Waals surface area contributed by atoms with E-state index in [1.165, 1.54) is 12.1 Å². The first kappa shape index (κ1) is 13.2. The first-order chi connectivity index (χ1) is 10.2. The Labute approximate surface area is 122 Å². The Morgan fingerprint density at radius 3 is 2.52 bits per heavy atom. The van der Waals surface area contributed by atoms with Crippen LogP contribution in [-0.4, -0.2) is 22.6 Å². The third kappa shape index (κ3) is 2.44. The van der Waals surface area contributed by atoms with Crippen LogP contribution in [0, 0.1) is 17.6 Å². The Bertz CT molecular complexity index is 670. The van der Waals surface area contributed by atoms with Crippen molar-refractivity contribution in [3.8, 4) is 0 Å². The average Bonchev–Trinajstić information content (AvgIpc) is 3.27. The third-order valence-corrected chi connectivity index (χ3v) is 4.66. The molecule has 2 fully saturated rings. The minimum absolute atomic E-state index is 0.477. The molecule has 4 rings (SSSR count). The number of aromatic nitrogens is 2. The maximum atomic E-state index is 13.6. The molecule has 1 aliphatic carbocycles. The summed E-state index contributed by atoms with van der Waals surface area (Å²) in [6.45, 7) is 2.95. The largest absolute Gasteiger partial charge is 0.327 e. The van der Waals surface area contributed by atoms with Gasteiger partial charge in [-0.15, -0.1) is 0 Å². The van der Waals surface area contributed by atoms with E-state index in [4.69, 9.17) is 0 Å². The number of fused-ring (bicyclic) bond motifs is 1. The number of benzene rings is 1. The lowest BCUT2D eigenvalue weighted by Gasteiger charge is -2.24. The summed E-state index contributed by atoms with van der Waals surface area (Å²) in [6.07, 6.45) is 4.54. The Morgan fingerprint density at radius 1 is 1.10 bits per heavy atom. The average molecular weight is 291 g/mol. The van der Waals surface area contributed by atoms with Crippen molar-refractivity contribution in [2.45, 2.75) is 38.1 Å². The van der Waals surface area contributed by atoms with Crippen molar-refractivity contribution in [1.29, 1.82) is 0 Å². The fourth-order valence-corrected chi connectivity index (χ4v) is 3.31. The molecular weight excluding hydrogens is 272 g/mol. The van der Waals surface area contributed by atoms with Gasteiger partial charge < -0.3 is 9.88 Å². The number of imidazole rings is 1. The van der Waals surface area contributed by atoms with Gasteiger partial charge in [0.05, 0.1) is 11.0 Å². The Morgan fingerprint density at radius 2 is 1.81 bits per heavy atom. The summed E-state index contributed by atoms with van der Waals surface area (Å²) in [5, 5.41) is 3.36. The molecule has 0 radical (unpaired) electrons. The molecule has 1 saturated carbocycles. The summed E-state index contributed by atoms with van der Waals surface area (Å²) in [4.78, 5) is 4.58. The molecule has 1 aromatic carbocycles. The second kappa shape index (κ2) is 5.05. The molecule has 0 amide bonds. The maximum absolute atomic E-state index is 13.6. The van der Waals surface area contributed by atoms with E-state index in [0.717, 1.165) is 56.7 Å². The van der Waals surface area contributed by atoms with Gasteiger partial charge >= 0.3 is 0 Å². The van der Waals surface area contributed by atoms with Gasteiger partial charge in [0.2, 0.25) is 0 Å². The summed E-state index contributed by atoms with van der Waals surface area (Å²) in [7, 11) is 0. The molecule has 2 aromatic rings. The van der Waals surface area contributed by atoms with Gasteiger partial charge in [-0.25, -0.2) is 13.8 Å². The van der Waals surface area contributed by atoms with Gasteiger partial charge in [-0.2, -0.15) is 0 Å². The summed E-state index contributed by atoms with van der Waals surface area (Å²) in [6, 6.07) is 2.54. The molecule has 1 saturated heterocycles. The number of rotatable bonds is 3. The van der Waals surface area contributed by atoms with Crippen molar-refractivity contribution >= 4 is 11.0 Å². The van der Waals surface area contributed by atoms with Crippen molar-refractivity contribution < 1.29 is 8.78 Å². The fraction of sp³-hybridized carbons (Fsp3) is 0.562. The van der Waals surface area contributed by atoms with E-state index in [-0.39, 0.29) is 0 Å². The molecule has 0 atom stereocenters. The lowest BCUT2D eigenvalue weighted by Crippen LogP contribution is -2.30. The molecule has 21 heavy (non-hydrogen) atoms. The fourth-order valence-electron chi connectivity index (χ4n) is 3.31. The molecule has 3 nitrogen and oxygen atoms in total. The lowest BCUT2D eigenvalue weighted by atomic mass is 9.98. The second-order valence-electron chi connectivity index (χ2n) is 6.30. The predicted octanol–water partition coefficient (Wildman–Crippen LogP) is 3.19. The first-order valence-corrected chi connectivity index (χ1v) is 7.78. The van der Waals surface area contributed by atoms with Crippen LogP contribution in [0.25, 0.3) is 11.0 Å². The van der Waals surface area contributed by atoms with E-state index in [9.17, 15) is 8.78 Å². The molecule has 2 aliphatic rings. The van der Waals surface area contributed by atoms with E-state index in [1.54, 1.807) is 0 Å². The van der Waals surface area contributed by atoms with Crippen LogP contribution in [0.3, 0.4) is 0 Å². The van der Waals surface area contributed by atoms with Gasteiger partial charge in [0.1, 0.15) is 5.82 Å². The highest BCUT2D eigenvalue weighted by molar-refractivity contribution is 5.76. The van der Waals surface area contributed by atoms with Crippen molar-refractivity contribution in [3.63, 3.8) is 0 Å². The van der Waals surface area contributed by atoms with Crippen LogP contribution in [0.5, 0.6) is 0 Å². The topological polar surface area (TPSA) is 29.9 Å². The van der Waals surface area contributed by atoms with E-state index in [2.05, 4.69) is 14.9 Å². The highest BCUT2D eigenvalue weighted by atomic mass is 19.2. The highest BCUT2D eigenvalue weighted by Gasteiger charge is 2.30. The molecule has 1 aliphatic heterocycles. The zero-order valence-corrected chi connectivity index (χ0v) is 11.9.